The molecule has 2 unspecified atom stereocenters. The Balaban J connectivity index is 1.85. The summed E-state index contributed by atoms with van der Waals surface area (Å²) in [6.45, 7) is 1.73. The molecule has 30 heavy (non-hydrogen) atoms. The van der Waals surface area contributed by atoms with E-state index < -0.39 is 22.0 Å². The highest BCUT2D eigenvalue weighted by atomic mass is 35.5. The van der Waals surface area contributed by atoms with Gasteiger partial charge < -0.3 is 9.64 Å². The molecule has 3 rings (SSSR count). The van der Waals surface area contributed by atoms with E-state index in [0.717, 1.165) is 0 Å². The summed E-state index contributed by atoms with van der Waals surface area (Å²) in [6, 6.07) is 9.20. The second-order valence-electron chi connectivity index (χ2n) is 7.09. The fraction of sp³-hybridized carbons (Fsp3) is 0.350. The standard InChI is InChI=1S/C20H19Cl4NO4S/c1-12(29-19-5-4-15(22)9-18(19)24)20(26)25(16-6-7-30(27,28)11-16)10-13-2-3-14(21)8-17(13)23/h2-5,8-9,12,16H,6-7,10-11H2,1H3. The van der Waals surface area contributed by atoms with E-state index >= 15 is 0 Å². The van der Waals surface area contributed by atoms with Gasteiger partial charge >= 0.3 is 0 Å². The Morgan fingerprint density at radius 3 is 2.30 bits per heavy atom. The lowest BCUT2D eigenvalue weighted by Crippen LogP contribution is -2.46. The van der Waals surface area contributed by atoms with Crippen LogP contribution in [0.2, 0.25) is 20.1 Å². The molecule has 0 N–H and O–H groups in total. The first-order valence-corrected chi connectivity index (χ1v) is 12.5. The summed E-state index contributed by atoms with van der Waals surface area (Å²) < 4.78 is 29.8. The number of nitrogens with zero attached hydrogens (tertiary/aromatic N) is 1. The Morgan fingerprint density at radius 1 is 1.10 bits per heavy atom. The summed E-state index contributed by atoms with van der Waals surface area (Å²) in [7, 11) is -3.20. The molecule has 2 aromatic rings. The maximum atomic E-state index is 13.3. The van der Waals surface area contributed by atoms with Gasteiger partial charge in [-0.05, 0) is 49.2 Å². The molecule has 1 heterocycles. The molecular formula is C20H19Cl4NO4S. The molecule has 0 bridgehead atoms. The van der Waals surface area contributed by atoms with E-state index in [1.807, 2.05) is 0 Å². The molecular weight excluding hydrogens is 492 g/mol. The molecule has 0 saturated carbocycles. The van der Waals surface area contributed by atoms with Gasteiger partial charge in [0.1, 0.15) is 5.75 Å². The first kappa shape index (κ1) is 23.5. The van der Waals surface area contributed by atoms with E-state index in [1.54, 1.807) is 37.3 Å². The smallest absolute Gasteiger partial charge is 0.263 e. The molecule has 2 atom stereocenters. The molecule has 5 nitrogen and oxygen atoms in total. The first-order chi connectivity index (χ1) is 14.1. The van der Waals surface area contributed by atoms with Crippen molar-refractivity contribution in [1.29, 1.82) is 0 Å². The van der Waals surface area contributed by atoms with Crippen molar-refractivity contribution in [2.45, 2.75) is 32.0 Å². The zero-order valence-corrected chi connectivity index (χ0v) is 19.8. The zero-order chi connectivity index (χ0) is 22.1. The maximum Gasteiger partial charge on any atom is 0.263 e. The lowest BCUT2D eigenvalue weighted by molar-refractivity contribution is -0.140. The number of benzene rings is 2. The predicted molar refractivity (Wildman–Crippen MR) is 121 cm³/mol. The van der Waals surface area contributed by atoms with Crippen LogP contribution in [0.4, 0.5) is 0 Å². The lowest BCUT2D eigenvalue weighted by atomic mass is 10.1. The molecule has 1 saturated heterocycles. The van der Waals surface area contributed by atoms with Crippen LogP contribution in [0.1, 0.15) is 18.9 Å². The summed E-state index contributed by atoms with van der Waals surface area (Å²) in [5, 5.41) is 1.59. The van der Waals surface area contributed by atoms with Gasteiger partial charge in [-0.2, -0.15) is 0 Å². The summed E-state index contributed by atoms with van der Waals surface area (Å²) in [5.41, 5.74) is 0.662. The number of hydrogen-bond donors (Lipinski definition) is 0. The molecule has 0 aliphatic carbocycles. The molecule has 2 aromatic carbocycles. The number of halogens is 4. The van der Waals surface area contributed by atoms with Crippen molar-refractivity contribution in [2.24, 2.45) is 0 Å². The maximum absolute atomic E-state index is 13.3. The van der Waals surface area contributed by atoms with E-state index in [9.17, 15) is 13.2 Å². The molecule has 1 aliphatic rings. The number of carbonyl (C=O) groups excluding carboxylic acids is 1. The van der Waals surface area contributed by atoms with Crippen molar-refractivity contribution in [1.82, 2.24) is 4.90 Å². The van der Waals surface area contributed by atoms with Gasteiger partial charge in [-0.25, -0.2) is 8.42 Å². The fourth-order valence-electron chi connectivity index (χ4n) is 3.29. The average Bonchev–Trinajstić information content (AvgIpc) is 3.02. The van der Waals surface area contributed by atoms with Crippen molar-refractivity contribution in [2.75, 3.05) is 11.5 Å². The van der Waals surface area contributed by atoms with Crippen LogP contribution in [-0.4, -0.2) is 42.9 Å². The van der Waals surface area contributed by atoms with Gasteiger partial charge in [0.15, 0.2) is 15.9 Å². The molecule has 1 fully saturated rings. The second kappa shape index (κ2) is 9.53. The fourth-order valence-corrected chi connectivity index (χ4v) is 5.94. The van der Waals surface area contributed by atoms with E-state index in [0.29, 0.717) is 32.8 Å². The van der Waals surface area contributed by atoms with Gasteiger partial charge in [-0.3, -0.25) is 4.79 Å². The number of amides is 1. The molecule has 0 aromatic heterocycles. The Hall–Kier alpha value is -1.18. The molecule has 1 amide bonds. The number of carbonyl (C=O) groups is 1. The van der Waals surface area contributed by atoms with E-state index in [2.05, 4.69) is 0 Å². The predicted octanol–water partition coefficient (Wildman–Crippen LogP) is 5.28. The third-order valence-electron chi connectivity index (χ3n) is 4.83. The minimum absolute atomic E-state index is 0.0358. The Bertz CT molecular complexity index is 1060. The van der Waals surface area contributed by atoms with Crippen molar-refractivity contribution >= 4 is 62.1 Å². The van der Waals surface area contributed by atoms with Crippen molar-refractivity contribution < 1.29 is 17.9 Å². The highest BCUT2D eigenvalue weighted by Crippen LogP contribution is 2.30. The van der Waals surface area contributed by atoms with Crippen molar-refractivity contribution in [3.63, 3.8) is 0 Å². The third-order valence-corrected chi connectivity index (χ3v) is 7.70. The van der Waals surface area contributed by atoms with Crippen LogP contribution < -0.4 is 4.74 Å². The minimum atomic E-state index is -3.20. The number of rotatable bonds is 6. The number of hydrogen-bond acceptors (Lipinski definition) is 4. The highest BCUT2D eigenvalue weighted by molar-refractivity contribution is 7.91. The Morgan fingerprint density at radius 2 is 1.73 bits per heavy atom. The van der Waals surface area contributed by atoms with Crippen LogP contribution in [0, 0.1) is 0 Å². The van der Waals surface area contributed by atoms with Crippen LogP contribution in [0.3, 0.4) is 0 Å². The van der Waals surface area contributed by atoms with Crippen LogP contribution >= 0.6 is 46.4 Å². The highest BCUT2D eigenvalue weighted by Gasteiger charge is 2.37. The van der Waals surface area contributed by atoms with Crippen molar-refractivity contribution in [3.8, 4) is 5.75 Å². The van der Waals surface area contributed by atoms with E-state index in [-0.39, 0.29) is 29.0 Å². The van der Waals surface area contributed by atoms with Gasteiger partial charge in [-0.15, -0.1) is 0 Å². The van der Waals surface area contributed by atoms with Gasteiger partial charge in [0.25, 0.3) is 5.91 Å². The quantitative estimate of drug-likeness (QED) is 0.530. The molecule has 162 valence electrons. The molecule has 0 spiro atoms. The number of ether oxygens (including phenoxy) is 1. The van der Waals surface area contributed by atoms with Gasteiger partial charge in [0.05, 0.1) is 16.5 Å². The van der Waals surface area contributed by atoms with Crippen LogP contribution in [0.25, 0.3) is 0 Å². The largest absolute Gasteiger partial charge is 0.479 e. The molecule has 10 heteroatoms. The van der Waals surface area contributed by atoms with E-state index in [4.69, 9.17) is 51.1 Å². The SMILES string of the molecule is CC(Oc1ccc(Cl)cc1Cl)C(=O)N(Cc1ccc(Cl)cc1Cl)C1CCS(=O)(=O)C1. The minimum Gasteiger partial charge on any atom is -0.479 e. The van der Waals surface area contributed by atoms with Crippen LogP contribution in [0.15, 0.2) is 36.4 Å². The third kappa shape index (κ3) is 5.74. The summed E-state index contributed by atoms with van der Waals surface area (Å²) in [5.74, 6) is -0.119. The summed E-state index contributed by atoms with van der Waals surface area (Å²) in [6.07, 6.45) is -0.550. The van der Waals surface area contributed by atoms with Gasteiger partial charge in [0.2, 0.25) is 0 Å². The van der Waals surface area contributed by atoms with Gasteiger partial charge in [0, 0.05) is 27.7 Å². The summed E-state index contributed by atoms with van der Waals surface area (Å²) >= 11 is 24.3. The van der Waals surface area contributed by atoms with E-state index in [1.165, 1.54) is 11.0 Å². The van der Waals surface area contributed by atoms with Crippen LogP contribution in [0.5, 0.6) is 5.75 Å². The number of sulfone groups is 1. The lowest BCUT2D eigenvalue weighted by Gasteiger charge is -2.31. The Kier molecular flexibility index (Phi) is 7.46. The molecule has 1 aliphatic heterocycles. The Labute approximate surface area is 195 Å². The topological polar surface area (TPSA) is 63.7 Å². The van der Waals surface area contributed by atoms with Crippen molar-refractivity contribution in [3.05, 3.63) is 62.1 Å². The van der Waals surface area contributed by atoms with Gasteiger partial charge in [-0.1, -0.05) is 52.5 Å². The zero-order valence-electron chi connectivity index (χ0n) is 15.9. The first-order valence-electron chi connectivity index (χ1n) is 9.12. The average molecular weight is 511 g/mol. The second-order valence-corrected chi connectivity index (χ2v) is 11.0. The van der Waals surface area contributed by atoms with Crippen LogP contribution in [-0.2, 0) is 21.2 Å². The molecule has 0 radical (unpaired) electrons. The monoisotopic (exact) mass is 509 g/mol. The summed E-state index contributed by atoms with van der Waals surface area (Å²) in [4.78, 5) is 14.8. The normalized spacial score (nSPS) is 18.8.